The fourth-order valence-corrected chi connectivity index (χ4v) is 5.40. The van der Waals surface area contributed by atoms with Crippen LogP contribution >= 0.6 is 23.1 Å². The third-order valence-electron chi connectivity index (χ3n) is 4.95. The fraction of sp³-hybridized carbons (Fsp3) is 0.286. The Morgan fingerprint density at radius 2 is 1.96 bits per heavy atom. The molecule has 1 aromatic heterocycles. The number of carbonyl (C=O) groups excluding carboxylic acids is 2. The maximum Gasteiger partial charge on any atom is 0.253 e. The van der Waals surface area contributed by atoms with Crippen LogP contribution in [0.2, 0.25) is 0 Å². The molecule has 2 amide bonds. The van der Waals surface area contributed by atoms with Gasteiger partial charge in [-0.15, -0.1) is 11.3 Å². The van der Waals surface area contributed by atoms with E-state index in [4.69, 9.17) is 5.73 Å². The van der Waals surface area contributed by atoms with Gasteiger partial charge in [0.05, 0.1) is 16.1 Å². The molecule has 3 aromatic rings. The topological polar surface area (TPSA) is 76.3 Å². The molecule has 1 unspecified atom stereocenters. The summed E-state index contributed by atoms with van der Waals surface area (Å²) in [5.41, 5.74) is 8.24. The highest BCUT2D eigenvalue weighted by molar-refractivity contribution is 8.00. The van der Waals surface area contributed by atoms with Crippen molar-refractivity contribution in [2.45, 2.75) is 22.9 Å². The summed E-state index contributed by atoms with van der Waals surface area (Å²) in [7, 11) is 0. The minimum atomic E-state index is -0.320. The van der Waals surface area contributed by atoms with E-state index >= 15 is 0 Å². The summed E-state index contributed by atoms with van der Waals surface area (Å²) in [5.74, 6) is 0.222. The Labute approximate surface area is 171 Å². The number of benzene rings is 2. The van der Waals surface area contributed by atoms with Crippen molar-refractivity contribution in [3.8, 4) is 0 Å². The number of para-hydroxylation sites is 1. The summed E-state index contributed by atoms with van der Waals surface area (Å²) in [6, 6.07) is 15.8. The van der Waals surface area contributed by atoms with E-state index in [0.717, 1.165) is 34.0 Å². The van der Waals surface area contributed by atoms with Crippen molar-refractivity contribution in [1.82, 2.24) is 9.88 Å². The number of nitrogens with two attached hydrogens (primary N) is 1. The molecule has 4 rings (SSSR count). The van der Waals surface area contributed by atoms with Crippen molar-refractivity contribution in [3.63, 3.8) is 0 Å². The van der Waals surface area contributed by atoms with Gasteiger partial charge >= 0.3 is 0 Å². The predicted molar refractivity (Wildman–Crippen MR) is 113 cm³/mol. The molecule has 5 nitrogen and oxygen atoms in total. The Morgan fingerprint density at radius 1 is 1.18 bits per heavy atom. The zero-order valence-electron chi connectivity index (χ0n) is 15.3. The van der Waals surface area contributed by atoms with Crippen LogP contribution in [0.25, 0.3) is 10.2 Å². The maximum atomic E-state index is 12.7. The average Bonchev–Trinajstić information content (AvgIpc) is 3.15. The van der Waals surface area contributed by atoms with Crippen LogP contribution in [0.1, 0.15) is 28.8 Å². The number of rotatable bonds is 5. The van der Waals surface area contributed by atoms with E-state index in [1.165, 1.54) is 4.70 Å². The monoisotopic (exact) mass is 411 g/mol. The largest absolute Gasteiger partial charge is 0.369 e. The molecular formula is C21H21N3O2S2. The van der Waals surface area contributed by atoms with Gasteiger partial charge in [0, 0.05) is 24.4 Å². The van der Waals surface area contributed by atoms with E-state index in [1.807, 2.05) is 42.5 Å². The van der Waals surface area contributed by atoms with Gasteiger partial charge in [-0.3, -0.25) is 9.59 Å². The molecule has 1 atom stereocenters. The number of fused-ring (bicyclic) bond motifs is 1. The second kappa shape index (κ2) is 8.32. The first kappa shape index (κ1) is 19.0. The van der Waals surface area contributed by atoms with Crippen LogP contribution in [0.15, 0.2) is 52.9 Å². The SMILES string of the molecule is NC(=O)C1CCCN(C(=O)c2ccc(CSc3nc4ccccc4s3)cc2)C1. The van der Waals surface area contributed by atoms with E-state index in [-0.39, 0.29) is 17.7 Å². The zero-order chi connectivity index (χ0) is 19.5. The summed E-state index contributed by atoms with van der Waals surface area (Å²) in [4.78, 5) is 30.5. The molecule has 0 radical (unpaired) electrons. The number of carbonyl (C=O) groups is 2. The minimum absolute atomic E-state index is 0.0312. The Kier molecular flexibility index (Phi) is 5.64. The van der Waals surface area contributed by atoms with E-state index < -0.39 is 0 Å². The highest BCUT2D eigenvalue weighted by atomic mass is 32.2. The van der Waals surface area contributed by atoms with Crippen molar-refractivity contribution >= 4 is 45.1 Å². The number of nitrogens with zero attached hydrogens (tertiary/aromatic N) is 2. The first-order valence-electron chi connectivity index (χ1n) is 9.26. The number of thiazole rings is 1. The Morgan fingerprint density at radius 3 is 2.71 bits per heavy atom. The third-order valence-corrected chi connectivity index (χ3v) is 7.20. The molecule has 28 heavy (non-hydrogen) atoms. The molecule has 0 bridgehead atoms. The van der Waals surface area contributed by atoms with Crippen molar-refractivity contribution in [2.24, 2.45) is 11.7 Å². The van der Waals surface area contributed by atoms with Gasteiger partial charge in [-0.25, -0.2) is 4.98 Å². The van der Waals surface area contributed by atoms with Gasteiger partial charge in [0.15, 0.2) is 4.34 Å². The number of hydrogen-bond donors (Lipinski definition) is 1. The smallest absolute Gasteiger partial charge is 0.253 e. The van der Waals surface area contributed by atoms with E-state index in [2.05, 4.69) is 11.1 Å². The highest BCUT2D eigenvalue weighted by Gasteiger charge is 2.27. The van der Waals surface area contributed by atoms with Crippen LogP contribution in [0.3, 0.4) is 0 Å². The Bertz CT molecular complexity index is 967. The van der Waals surface area contributed by atoms with Crippen LogP contribution in [0.5, 0.6) is 0 Å². The number of aromatic nitrogens is 1. The molecule has 1 fully saturated rings. The lowest BCUT2D eigenvalue weighted by Crippen LogP contribution is -2.44. The molecule has 2 aromatic carbocycles. The number of primary amides is 1. The van der Waals surface area contributed by atoms with Gasteiger partial charge in [0.25, 0.3) is 5.91 Å². The number of hydrogen-bond acceptors (Lipinski definition) is 5. The van der Waals surface area contributed by atoms with Crippen molar-refractivity contribution in [3.05, 3.63) is 59.7 Å². The van der Waals surface area contributed by atoms with E-state index in [0.29, 0.717) is 18.7 Å². The minimum Gasteiger partial charge on any atom is -0.369 e. The Hall–Kier alpha value is -2.38. The fourth-order valence-electron chi connectivity index (χ4n) is 3.38. The van der Waals surface area contributed by atoms with Gasteiger partial charge < -0.3 is 10.6 Å². The highest BCUT2D eigenvalue weighted by Crippen LogP contribution is 2.31. The number of piperidine rings is 1. The van der Waals surface area contributed by atoms with Crippen LogP contribution in [0.4, 0.5) is 0 Å². The normalized spacial score (nSPS) is 17.0. The molecule has 0 spiro atoms. The summed E-state index contributed by atoms with van der Waals surface area (Å²) < 4.78 is 2.24. The van der Waals surface area contributed by atoms with Crippen molar-refractivity contribution < 1.29 is 9.59 Å². The molecular weight excluding hydrogens is 390 g/mol. The van der Waals surface area contributed by atoms with Crippen molar-refractivity contribution in [1.29, 1.82) is 0 Å². The van der Waals surface area contributed by atoms with Gasteiger partial charge in [-0.2, -0.15) is 0 Å². The summed E-state index contributed by atoms with van der Waals surface area (Å²) >= 11 is 3.40. The first-order valence-corrected chi connectivity index (χ1v) is 11.1. The van der Waals surface area contributed by atoms with Gasteiger partial charge in [-0.1, -0.05) is 36.0 Å². The van der Waals surface area contributed by atoms with Crippen LogP contribution in [0, 0.1) is 5.92 Å². The molecule has 0 aliphatic carbocycles. The van der Waals surface area contributed by atoms with E-state index in [9.17, 15) is 9.59 Å². The molecule has 2 heterocycles. The maximum absolute atomic E-state index is 12.7. The summed E-state index contributed by atoms with van der Waals surface area (Å²) in [5, 5.41) is 0. The van der Waals surface area contributed by atoms with Gasteiger partial charge in [0.2, 0.25) is 5.91 Å². The second-order valence-corrected chi connectivity index (χ2v) is 9.18. The number of amides is 2. The molecule has 0 saturated carbocycles. The third kappa shape index (κ3) is 4.20. The first-order chi connectivity index (χ1) is 13.6. The van der Waals surface area contributed by atoms with Crippen molar-refractivity contribution in [2.75, 3.05) is 13.1 Å². The lowest BCUT2D eigenvalue weighted by Gasteiger charge is -2.31. The number of likely N-dealkylation sites (tertiary alicyclic amines) is 1. The van der Waals surface area contributed by atoms with E-state index in [1.54, 1.807) is 28.0 Å². The average molecular weight is 412 g/mol. The molecule has 1 aliphatic rings. The summed E-state index contributed by atoms with van der Waals surface area (Å²) in [6.45, 7) is 1.10. The number of thioether (sulfide) groups is 1. The standard InChI is InChI=1S/C21H21N3O2S2/c22-19(25)16-4-3-11-24(12-16)20(26)15-9-7-14(8-10-15)13-27-21-23-17-5-1-2-6-18(17)28-21/h1-2,5-10,16H,3-4,11-13H2,(H2,22,25). The quantitative estimate of drug-likeness (QED) is 0.646. The lowest BCUT2D eigenvalue weighted by molar-refractivity contribution is -0.123. The van der Waals surface area contributed by atoms with Crippen LogP contribution < -0.4 is 5.73 Å². The summed E-state index contributed by atoms with van der Waals surface area (Å²) in [6.07, 6.45) is 1.58. The molecule has 144 valence electrons. The zero-order valence-corrected chi connectivity index (χ0v) is 17.0. The Balaban J connectivity index is 1.38. The predicted octanol–water partition coefficient (Wildman–Crippen LogP) is 3.93. The van der Waals surface area contributed by atoms with Crippen LogP contribution in [-0.4, -0.2) is 34.8 Å². The molecule has 1 aliphatic heterocycles. The molecule has 1 saturated heterocycles. The molecule has 7 heteroatoms. The van der Waals surface area contributed by atoms with Crippen LogP contribution in [-0.2, 0) is 10.5 Å². The molecule has 2 N–H and O–H groups in total. The lowest BCUT2D eigenvalue weighted by atomic mass is 9.97. The van der Waals surface area contributed by atoms with Gasteiger partial charge in [-0.05, 0) is 42.7 Å². The van der Waals surface area contributed by atoms with Gasteiger partial charge in [0.1, 0.15) is 0 Å². The second-order valence-electron chi connectivity index (χ2n) is 6.93.